The van der Waals surface area contributed by atoms with Gasteiger partial charge in [-0.3, -0.25) is 9.59 Å². The number of hydrogen-bond acceptors (Lipinski definition) is 5. The fourth-order valence-electron chi connectivity index (χ4n) is 2.87. The molecule has 1 aromatic heterocycles. The molecule has 0 saturated heterocycles. The molecule has 0 unspecified atom stereocenters. The molecule has 0 saturated carbocycles. The number of ketones is 1. The zero-order valence-electron chi connectivity index (χ0n) is 15.0. The van der Waals surface area contributed by atoms with Gasteiger partial charge in [-0.05, 0) is 35.6 Å². The van der Waals surface area contributed by atoms with Crippen molar-refractivity contribution in [2.24, 2.45) is 5.92 Å². The molecule has 1 N–H and O–H groups in total. The van der Waals surface area contributed by atoms with Crippen LogP contribution in [0.2, 0.25) is 0 Å². The molecule has 138 valence electrons. The Kier molecular flexibility index (Phi) is 5.93. The van der Waals surface area contributed by atoms with Crippen LogP contribution in [0.5, 0.6) is 11.5 Å². The lowest BCUT2D eigenvalue weighted by Crippen LogP contribution is -2.31. The van der Waals surface area contributed by atoms with Gasteiger partial charge in [0.05, 0.1) is 6.04 Å². The first kappa shape index (κ1) is 18.5. The molecule has 2 heterocycles. The normalized spacial score (nSPS) is 14.1. The molecule has 5 nitrogen and oxygen atoms in total. The minimum atomic E-state index is -0.108. The third-order valence-electron chi connectivity index (χ3n) is 4.28. The average Bonchev–Trinajstić information content (AvgIpc) is 3.17. The number of ether oxygens (including phenoxy) is 2. The highest BCUT2D eigenvalue weighted by Crippen LogP contribution is 2.31. The Balaban J connectivity index is 1.56. The van der Waals surface area contributed by atoms with Gasteiger partial charge in [-0.2, -0.15) is 0 Å². The highest BCUT2D eigenvalue weighted by Gasteiger charge is 2.20. The zero-order chi connectivity index (χ0) is 18.5. The van der Waals surface area contributed by atoms with Gasteiger partial charge in [0.2, 0.25) is 5.91 Å². The van der Waals surface area contributed by atoms with E-state index in [0.717, 1.165) is 4.88 Å². The molecular weight excluding hydrogens is 350 g/mol. The largest absolute Gasteiger partial charge is 0.486 e. The summed E-state index contributed by atoms with van der Waals surface area (Å²) in [4.78, 5) is 25.9. The summed E-state index contributed by atoms with van der Waals surface area (Å²) < 4.78 is 11.0. The van der Waals surface area contributed by atoms with E-state index in [1.54, 1.807) is 29.5 Å². The Labute approximate surface area is 157 Å². The second-order valence-electron chi connectivity index (χ2n) is 6.59. The molecule has 1 amide bonds. The molecule has 3 rings (SSSR count). The quantitative estimate of drug-likeness (QED) is 0.745. The van der Waals surface area contributed by atoms with Crippen molar-refractivity contribution in [1.29, 1.82) is 0 Å². The van der Waals surface area contributed by atoms with Crippen LogP contribution in [0.15, 0.2) is 35.7 Å². The van der Waals surface area contributed by atoms with Crippen LogP contribution in [0, 0.1) is 5.92 Å². The van der Waals surface area contributed by atoms with E-state index in [9.17, 15) is 9.59 Å². The van der Waals surface area contributed by atoms with Gasteiger partial charge in [0.25, 0.3) is 0 Å². The summed E-state index contributed by atoms with van der Waals surface area (Å²) in [6.45, 7) is 5.14. The molecule has 2 aromatic rings. The monoisotopic (exact) mass is 373 g/mol. The molecule has 1 aromatic carbocycles. The zero-order valence-corrected chi connectivity index (χ0v) is 15.8. The second-order valence-corrected chi connectivity index (χ2v) is 7.57. The second kappa shape index (κ2) is 8.36. The maximum absolute atomic E-state index is 12.4. The van der Waals surface area contributed by atoms with Crippen LogP contribution < -0.4 is 14.8 Å². The Bertz CT molecular complexity index is 770. The molecule has 1 atom stereocenters. The minimum absolute atomic E-state index is 0.0214. The summed E-state index contributed by atoms with van der Waals surface area (Å²) >= 11 is 1.63. The van der Waals surface area contributed by atoms with Crippen molar-refractivity contribution in [2.45, 2.75) is 32.7 Å². The fraction of sp³-hybridized carbons (Fsp3) is 0.400. The van der Waals surface area contributed by atoms with Crippen molar-refractivity contribution in [2.75, 3.05) is 13.2 Å². The number of carbonyl (C=O) groups is 2. The van der Waals surface area contributed by atoms with Gasteiger partial charge in [-0.25, -0.2) is 0 Å². The number of rotatable bonds is 7. The molecule has 0 fully saturated rings. The number of amides is 1. The standard InChI is InChI=1S/C20H23NO4S/c1-13(2)20(18-4-3-11-26-18)21-19(23)8-6-15(22)14-5-7-16-17(12-14)25-10-9-24-16/h3-5,7,11-13,20H,6,8-10H2,1-2H3,(H,21,23)/t20-/m1/s1. The van der Waals surface area contributed by atoms with Crippen LogP contribution in [0.1, 0.15) is 48.0 Å². The Morgan fingerprint density at radius 1 is 1.12 bits per heavy atom. The molecule has 0 radical (unpaired) electrons. The van der Waals surface area contributed by atoms with E-state index in [-0.39, 0.29) is 36.5 Å². The minimum Gasteiger partial charge on any atom is -0.486 e. The topological polar surface area (TPSA) is 64.6 Å². The van der Waals surface area contributed by atoms with Crippen molar-refractivity contribution in [1.82, 2.24) is 5.32 Å². The van der Waals surface area contributed by atoms with E-state index in [1.165, 1.54) is 0 Å². The van der Waals surface area contributed by atoms with Crippen molar-refractivity contribution in [3.8, 4) is 11.5 Å². The van der Waals surface area contributed by atoms with Crippen LogP contribution in [-0.4, -0.2) is 24.9 Å². The third kappa shape index (κ3) is 4.43. The molecule has 26 heavy (non-hydrogen) atoms. The summed E-state index contributed by atoms with van der Waals surface area (Å²) in [5, 5.41) is 5.05. The van der Waals surface area contributed by atoms with E-state index in [0.29, 0.717) is 30.3 Å². The predicted octanol–water partition coefficient (Wildman–Crippen LogP) is 4.00. The maximum Gasteiger partial charge on any atom is 0.220 e. The summed E-state index contributed by atoms with van der Waals surface area (Å²) in [7, 11) is 0. The lowest BCUT2D eigenvalue weighted by atomic mass is 10.0. The van der Waals surface area contributed by atoms with Crippen molar-refractivity contribution >= 4 is 23.0 Å². The summed E-state index contributed by atoms with van der Waals surface area (Å²) in [5.41, 5.74) is 0.542. The first-order chi connectivity index (χ1) is 12.5. The van der Waals surface area contributed by atoms with Crippen molar-refractivity contribution in [3.63, 3.8) is 0 Å². The highest BCUT2D eigenvalue weighted by molar-refractivity contribution is 7.10. The lowest BCUT2D eigenvalue weighted by molar-refractivity contribution is -0.122. The SMILES string of the molecule is CC(C)[C@@H](NC(=O)CCC(=O)c1ccc2c(c1)OCCO2)c1cccs1. The van der Waals surface area contributed by atoms with Crippen molar-refractivity contribution < 1.29 is 19.1 Å². The lowest BCUT2D eigenvalue weighted by Gasteiger charge is -2.21. The van der Waals surface area contributed by atoms with E-state index >= 15 is 0 Å². The molecule has 1 aliphatic heterocycles. The molecular formula is C20H23NO4S. The average molecular weight is 373 g/mol. The number of fused-ring (bicyclic) bond motifs is 1. The van der Waals surface area contributed by atoms with Crippen LogP contribution in [-0.2, 0) is 4.79 Å². The number of benzene rings is 1. The van der Waals surface area contributed by atoms with Crippen LogP contribution in [0.3, 0.4) is 0 Å². The smallest absolute Gasteiger partial charge is 0.220 e. The number of carbonyl (C=O) groups excluding carboxylic acids is 2. The first-order valence-electron chi connectivity index (χ1n) is 8.80. The first-order valence-corrected chi connectivity index (χ1v) is 9.68. The van der Waals surface area contributed by atoms with Crippen LogP contribution in [0.4, 0.5) is 0 Å². The van der Waals surface area contributed by atoms with Crippen LogP contribution >= 0.6 is 11.3 Å². The van der Waals surface area contributed by atoms with Gasteiger partial charge in [0, 0.05) is 23.3 Å². The maximum atomic E-state index is 12.4. The fourth-order valence-corrected chi connectivity index (χ4v) is 3.82. The van der Waals surface area contributed by atoms with Gasteiger partial charge >= 0.3 is 0 Å². The molecule has 0 bridgehead atoms. The van der Waals surface area contributed by atoms with E-state index in [4.69, 9.17) is 9.47 Å². The molecule has 0 aliphatic carbocycles. The van der Waals surface area contributed by atoms with Gasteiger partial charge in [-0.15, -0.1) is 11.3 Å². The van der Waals surface area contributed by atoms with Gasteiger partial charge in [0.15, 0.2) is 17.3 Å². The number of hydrogen-bond donors (Lipinski definition) is 1. The molecule has 0 spiro atoms. The number of thiophene rings is 1. The van der Waals surface area contributed by atoms with Gasteiger partial charge in [0.1, 0.15) is 13.2 Å². The van der Waals surface area contributed by atoms with Gasteiger partial charge in [-0.1, -0.05) is 19.9 Å². The van der Waals surface area contributed by atoms with Crippen molar-refractivity contribution in [3.05, 3.63) is 46.2 Å². The Morgan fingerprint density at radius 2 is 1.88 bits per heavy atom. The van der Waals surface area contributed by atoms with E-state index < -0.39 is 0 Å². The summed E-state index contributed by atoms with van der Waals surface area (Å²) in [6, 6.07) is 9.14. The van der Waals surface area contributed by atoms with Crippen LogP contribution in [0.25, 0.3) is 0 Å². The van der Waals surface area contributed by atoms with Gasteiger partial charge < -0.3 is 14.8 Å². The Morgan fingerprint density at radius 3 is 2.58 bits per heavy atom. The summed E-state index contributed by atoms with van der Waals surface area (Å²) in [5.74, 6) is 1.34. The number of nitrogens with one attached hydrogen (secondary N) is 1. The van der Waals surface area contributed by atoms with E-state index in [1.807, 2.05) is 17.5 Å². The summed E-state index contributed by atoms with van der Waals surface area (Å²) in [6.07, 6.45) is 0.336. The highest BCUT2D eigenvalue weighted by atomic mass is 32.1. The third-order valence-corrected chi connectivity index (χ3v) is 5.23. The number of Topliss-reactive ketones (excluding diaryl/α,β-unsaturated/α-hetero) is 1. The predicted molar refractivity (Wildman–Crippen MR) is 101 cm³/mol. The van der Waals surface area contributed by atoms with E-state index in [2.05, 4.69) is 19.2 Å². The molecule has 1 aliphatic rings. The Hall–Kier alpha value is -2.34. The molecule has 6 heteroatoms.